The summed E-state index contributed by atoms with van der Waals surface area (Å²) in [6.07, 6.45) is 4.50. The van der Waals surface area contributed by atoms with E-state index in [4.69, 9.17) is 4.84 Å². The van der Waals surface area contributed by atoms with Crippen molar-refractivity contribution >= 4 is 24.0 Å². The van der Waals surface area contributed by atoms with E-state index in [9.17, 15) is 19.2 Å². The average molecular weight is 587 g/mol. The lowest BCUT2D eigenvalue weighted by molar-refractivity contribution is -0.200. The molecule has 1 aromatic heterocycles. The topological polar surface area (TPSA) is 118 Å². The highest BCUT2D eigenvalue weighted by molar-refractivity contribution is 5.97. The number of amides is 3. The number of pyridine rings is 1. The molecule has 0 saturated carbocycles. The van der Waals surface area contributed by atoms with E-state index in [0.29, 0.717) is 30.5 Å². The van der Waals surface area contributed by atoms with E-state index < -0.39 is 17.9 Å². The molecule has 1 heterocycles. The molecule has 2 aromatic carbocycles. The van der Waals surface area contributed by atoms with Crippen molar-refractivity contribution in [3.63, 3.8) is 0 Å². The third kappa shape index (κ3) is 9.31. The van der Waals surface area contributed by atoms with Crippen LogP contribution in [0.3, 0.4) is 0 Å². The van der Waals surface area contributed by atoms with Gasteiger partial charge in [-0.1, -0.05) is 87.7 Å². The summed E-state index contributed by atoms with van der Waals surface area (Å²) in [5, 5.41) is 6.79. The molecule has 9 heteroatoms. The molecule has 228 valence electrons. The van der Waals surface area contributed by atoms with Gasteiger partial charge < -0.3 is 10.6 Å². The van der Waals surface area contributed by atoms with Crippen LogP contribution in [0, 0.1) is 12.8 Å². The summed E-state index contributed by atoms with van der Waals surface area (Å²) >= 11 is 0. The fourth-order valence-electron chi connectivity index (χ4n) is 5.12. The Bertz CT molecular complexity index is 1380. The van der Waals surface area contributed by atoms with Crippen LogP contribution < -0.4 is 10.6 Å². The summed E-state index contributed by atoms with van der Waals surface area (Å²) in [5.74, 6) is -1.27. The Hall–Kier alpha value is -4.37. The van der Waals surface area contributed by atoms with Crippen molar-refractivity contribution in [2.75, 3.05) is 6.67 Å². The second kappa shape index (κ2) is 16.9. The zero-order valence-corrected chi connectivity index (χ0v) is 25.5. The highest BCUT2D eigenvalue weighted by atomic mass is 16.7. The summed E-state index contributed by atoms with van der Waals surface area (Å²) in [4.78, 5) is 60.7. The lowest BCUT2D eigenvalue weighted by atomic mass is 9.90. The standard InChI is InChI=1S/C34H42N4O5/c1-5-7-9-16-29(32(6-2)38(23-39)43-21-26-14-10-8-11-15-26)33(41)35-22-36-34(42)31-20-13-19-30(37-31)28-18-12-17-27(24(28)3)25(4)40/h8,10-15,17-20,23,29,32H,5-7,9,16,21-22H2,1-4H3,(H,35,41)(H,36,42). The zero-order chi connectivity index (χ0) is 31.2. The molecule has 0 spiro atoms. The van der Waals surface area contributed by atoms with Crippen molar-refractivity contribution < 1.29 is 24.0 Å². The first-order chi connectivity index (χ1) is 20.8. The molecule has 2 unspecified atom stereocenters. The Morgan fingerprint density at radius 1 is 0.953 bits per heavy atom. The fraction of sp³-hybridized carbons (Fsp3) is 0.382. The van der Waals surface area contributed by atoms with Gasteiger partial charge in [-0.25, -0.2) is 10.0 Å². The van der Waals surface area contributed by atoms with Crippen LogP contribution in [0.2, 0.25) is 0 Å². The van der Waals surface area contributed by atoms with E-state index in [0.717, 1.165) is 36.0 Å². The van der Waals surface area contributed by atoms with Gasteiger partial charge >= 0.3 is 0 Å². The normalized spacial score (nSPS) is 12.2. The summed E-state index contributed by atoms with van der Waals surface area (Å²) < 4.78 is 0. The predicted molar refractivity (Wildman–Crippen MR) is 166 cm³/mol. The monoisotopic (exact) mass is 586 g/mol. The van der Waals surface area contributed by atoms with Gasteiger partial charge in [-0.15, -0.1) is 0 Å². The number of nitrogens with zero attached hydrogens (tertiary/aromatic N) is 2. The third-order valence-electron chi connectivity index (χ3n) is 7.47. The zero-order valence-electron chi connectivity index (χ0n) is 25.5. The van der Waals surface area contributed by atoms with Crippen molar-refractivity contribution in [3.05, 3.63) is 89.1 Å². The van der Waals surface area contributed by atoms with Gasteiger partial charge in [0.25, 0.3) is 5.91 Å². The number of carbonyl (C=O) groups is 4. The number of Topliss-reactive ketones (excluding diaryl/α,β-unsaturated/α-hetero) is 1. The lowest BCUT2D eigenvalue weighted by Gasteiger charge is -2.32. The molecule has 0 radical (unpaired) electrons. The van der Waals surface area contributed by atoms with Crippen molar-refractivity contribution in [2.24, 2.45) is 5.92 Å². The first-order valence-electron chi connectivity index (χ1n) is 14.8. The number of benzene rings is 2. The molecule has 0 aliphatic rings. The SMILES string of the molecule is CCCCCC(C(=O)NCNC(=O)c1cccc(-c2cccc(C(C)=O)c2C)n1)C(CC)N(C=O)OCc1ccccc1. The molecular weight excluding hydrogens is 544 g/mol. The van der Waals surface area contributed by atoms with E-state index in [1.54, 1.807) is 30.3 Å². The van der Waals surface area contributed by atoms with Crippen molar-refractivity contribution in [3.8, 4) is 11.3 Å². The molecular formula is C34H42N4O5. The minimum Gasteiger partial charge on any atom is -0.338 e. The summed E-state index contributed by atoms with van der Waals surface area (Å²) in [6.45, 7) is 7.49. The Kier molecular flexibility index (Phi) is 13.0. The minimum atomic E-state index is -0.521. The Balaban J connectivity index is 1.67. The molecule has 3 rings (SSSR count). The second-order valence-electron chi connectivity index (χ2n) is 10.5. The number of rotatable bonds is 17. The van der Waals surface area contributed by atoms with Crippen LogP contribution in [-0.2, 0) is 21.0 Å². The molecule has 0 bridgehead atoms. The van der Waals surface area contributed by atoms with Crippen LogP contribution in [0.15, 0.2) is 66.7 Å². The fourth-order valence-corrected chi connectivity index (χ4v) is 5.12. The van der Waals surface area contributed by atoms with Crippen LogP contribution >= 0.6 is 0 Å². The highest BCUT2D eigenvalue weighted by Crippen LogP contribution is 2.25. The first kappa shape index (κ1) is 33.1. The van der Waals surface area contributed by atoms with Crippen LogP contribution in [0.5, 0.6) is 0 Å². The number of nitrogens with one attached hydrogen (secondary N) is 2. The quantitative estimate of drug-likeness (QED) is 0.0696. The Labute approximate surface area is 254 Å². The van der Waals surface area contributed by atoms with Gasteiger partial charge in [0.2, 0.25) is 12.3 Å². The van der Waals surface area contributed by atoms with Crippen molar-refractivity contribution in [1.82, 2.24) is 20.7 Å². The molecule has 3 amide bonds. The van der Waals surface area contributed by atoms with Gasteiger partial charge in [0, 0.05) is 11.1 Å². The minimum absolute atomic E-state index is 0.0404. The molecule has 2 N–H and O–H groups in total. The van der Waals surface area contributed by atoms with Gasteiger partial charge in [-0.2, -0.15) is 0 Å². The number of hydrogen-bond acceptors (Lipinski definition) is 6. The molecule has 0 saturated heterocycles. The van der Waals surface area contributed by atoms with E-state index in [1.165, 1.54) is 12.0 Å². The van der Waals surface area contributed by atoms with E-state index in [1.807, 2.05) is 50.2 Å². The number of ketones is 1. The molecule has 2 atom stereocenters. The van der Waals surface area contributed by atoms with Gasteiger partial charge in [0.05, 0.1) is 24.3 Å². The van der Waals surface area contributed by atoms with E-state index in [2.05, 4.69) is 22.5 Å². The van der Waals surface area contributed by atoms with Crippen LogP contribution in [-0.4, -0.2) is 46.8 Å². The summed E-state index contributed by atoms with van der Waals surface area (Å²) in [5.41, 5.74) is 3.84. The molecule has 3 aromatic rings. The predicted octanol–water partition coefficient (Wildman–Crippen LogP) is 5.63. The van der Waals surface area contributed by atoms with Gasteiger partial charge in [-0.3, -0.25) is 24.0 Å². The van der Waals surface area contributed by atoms with Gasteiger partial charge in [-0.05, 0) is 49.9 Å². The highest BCUT2D eigenvalue weighted by Gasteiger charge is 2.32. The maximum Gasteiger partial charge on any atom is 0.271 e. The lowest BCUT2D eigenvalue weighted by Crippen LogP contribution is -2.48. The molecule has 0 fully saturated rings. The summed E-state index contributed by atoms with van der Waals surface area (Å²) in [7, 11) is 0. The van der Waals surface area contributed by atoms with Crippen molar-refractivity contribution in [2.45, 2.75) is 72.4 Å². The molecule has 9 nitrogen and oxygen atoms in total. The molecule has 0 aliphatic heterocycles. The van der Waals surface area contributed by atoms with Gasteiger partial charge in [0.15, 0.2) is 5.78 Å². The number of hydroxylamine groups is 2. The number of hydrogen-bond donors (Lipinski definition) is 2. The van der Waals surface area contributed by atoms with Gasteiger partial charge in [0.1, 0.15) is 12.3 Å². The van der Waals surface area contributed by atoms with E-state index in [-0.39, 0.29) is 30.7 Å². The molecule has 43 heavy (non-hydrogen) atoms. The largest absolute Gasteiger partial charge is 0.338 e. The molecule has 0 aliphatic carbocycles. The maximum absolute atomic E-state index is 13.4. The van der Waals surface area contributed by atoms with Crippen LogP contribution in [0.4, 0.5) is 0 Å². The smallest absolute Gasteiger partial charge is 0.271 e. The Morgan fingerprint density at radius 3 is 2.37 bits per heavy atom. The first-order valence-corrected chi connectivity index (χ1v) is 14.8. The third-order valence-corrected chi connectivity index (χ3v) is 7.47. The number of unbranched alkanes of at least 4 members (excludes halogenated alkanes) is 2. The Morgan fingerprint density at radius 2 is 1.70 bits per heavy atom. The van der Waals surface area contributed by atoms with Crippen LogP contribution in [0.1, 0.15) is 84.8 Å². The number of aromatic nitrogens is 1. The maximum atomic E-state index is 13.4. The summed E-state index contributed by atoms with van der Waals surface area (Å²) in [6, 6.07) is 19.6. The van der Waals surface area contributed by atoms with Crippen LogP contribution in [0.25, 0.3) is 11.3 Å². The van der Waals surface area contributed by atoms with Crippen molar-refractivity contribution in [1.29, 1.82) is 0 Å². The second-order valence-corrected chi connectivity index (χ2v) is 10.5. The average Bonchev–Trinajstić information content (AvgIpc) is 3.02. The van der Waals surface area contributed by atoms with E-state index >= 15 is 0 Å². The number of carbonyl (C=O) groups excluding carboxylic acids is 4.